The normalized spacial score (nSPS) is 10.7. The molecule has 0 saturated carbocycles. The number of ether oxygens (including phenoxy) is 2. The van der Waals surface area contributed by atoms with Crippen LogP contribution in [0, 0.1) is 0 Å². The molecule has 0 heterocycles. The maximum Gasteiger partial charge on any atom is 0.127 e. The predicted octanol–water partition coefficient (Wildman–Crippen LogP) is 5.71. The Morgan fingerprint density at radius 2 is 1.32 bits per heavy atom. The van der Waals surface area contributed by atoms with Crippen molar-refractivity contribution in [1.82, 2.24) is 0 Å². The molecule has 0 aliphatic carbocycles. The number of carbonyl (C=O) groups is 1. The molecule has 0 fully saturated rings. The fraction of sp³-hybridized carbons (Fsp3) is 0.240. The molecule has 0 unspecified atom stereocenters. The second kappa shape index (κ2) is 9.75. The van der Waals surface area contributed by atoms with E-state index >= 15 is 0 Å². The van der Waals surface area contributed by atoms with Crippen LogP contribution in [0.3, 0.4) is 0 Å². The summed E-state index contributed by atoms with van der Waals surface area (Å²) in [6.07, 6.45) is 1.24. The van der Waals surface area contributed by atoms with Crippen LogP contribution in [0.15, 0.2) is 72.8 Å². The summed E-state index contributed by atoms with van der Waals surface area (Å²) in [5.74, 6) is 1.78. The molecule has 0 saturated heterocycles. The van der Waals surface area contributed by atoms with Crippen LogP contribution < -0.4 is 9.47 Å². The number of rotatable bonds is 9. The quantitative estimate of drug-likeness (QED) is 0.450. The van der Waals surface area contributed by atoms with Crippen molar-refractivity contribution in [3.8, 4) is 11.5 Å². The van der Waals surface area contributed by atoms with E-state index in [0.717, 1.165) is 34.3 Å². The van der Waals surface area contributed by atoms with Crippen LogP contribution in [0.4, 0.5) is 0 Å². The van der Waals surface area contributed by atoms with E-state index in [9.17, 15) is 4.79 Å². The monoisotopic (exact) mass is 374 g/mol. The van der Waals surface area contributed by atoms with Gasteiger partial charge in [-0.1, -0.05) is 74.5 Å². The Bertz CT molecular complexity index is 886. The molecule has 0 radical (unpaired) electrons. The number of carbonyl (C=O) groups excluding carboxylic acids is 1. The van der Waals surface area contributed by atoms with Gasteiger partial charge in [-0.25, -0.2) is 0 Å². The third kappa shape index (κ3) is 5.23. The van der Waals surface area contributed by atoms with Gasteiger partial charge in [-0.15, -0.1) is 0 Å². The summed E-state index contributed by atoms with van der Waals surface area (Å²) in [6, 6.07) is 24.1. The SMILES string of the molecule is CC(C)c1cc(CC=O)c(OCc2ccccc2)cc1OCc1ccccc1. The lowest BCUT2D eigenvalue weighted by Gasteiger charge is -2.19. The third-order valence-corrected chi connectivity index (χ3v) is 4.59. The highest BCUT2D eigenvalue weighted by atomic mass is 16.5. The molecule has 0 aliphatic heterocycles. The van der Waals surface area contributed by atoms with Crippen molar-refractivity contribution in [3.63, 3.8) is 0 Å². The summed E-state index contributed by atoms with van der Waals surface area (Å²) in [6.45, 7) is 5.19. The first-order valence-corrected chi connectivity index (χ1v) is 9.61. The lowest BCUT2D eigenvalue weighted by atomic mass is 9.97. The van der Waals surface area contributed by atoms with Gasteiger partial charge in [-0.3, -0.25) is 0 Å². The van der Waals surface area contributed by atoms with Gasteiger partial charge in [0.2, 0.25) is 0 Å². The van der Waals surface area contributed by atoms with Gasteiger partial charge in [0.1, 0.15) is 31.0 Å². The van der Waals surface area contributed by atoms with Gasteiger partial charge < -0.3 is 14.3 Å². The summed E-state index contributed by atoms with van der Waals surface area (Å²) in [4.78, 5) is 11.2. The van der Waals surface area contributed by atoms with E-state index < -0.39 is 0 Å². The Balaban J connectivity index is 1.86. The van der Waals surface area contributed by atoms with Crippen molar-refractivity contribution in [3.05, 3.63) is 95.1 Å². The van der Waals surface area contributed by atoms with E-state index in [0.29, 0.717) is 25.4 Å². The lowest BCUT2D eigenvalue weighted by Crippen LogP contribution is -2.05. The zero-order valence-electron chi connectivity index (χ0n) is 16.4. The van der Waals surface area contributed by atoms with Crippen molar-refractivity contribution in [1.29, 1.82) is 0 Å². The van der Waals surface area contributed by atoms with E-state index in [1.807, 2.05) is 72.8 Å². The van der Waals surface area contributed by atoms with Crippen molar-refractivity contribution in [2.24, 2.45) is 0 Å². The average molecular weight is 374 g/mol. The third-order valence-electron chi connectivity index (χ3n) is 4.59. The van der Waals surface area contributed by atoms with Crippen LogP contribution in [0.2, 0.25) is 0 Å². The summed E-state index contributed by atoms with van der Waals surface area (Å²) >= 11 is 0. The maximum absolute atomic E-state index is 11.2. The smallest absolute Gasteiger partial charge is 0.127 e. The summed E-state index contributed by atoms with van der Waals surface area (Å²) in [5.41, 5.74) is 4.17. The molecule has 0 N–H and O–H groups in total. The van der Waals surface area contributed by atoms with Crippen LogP contribution in [0.25, 0.3) is 0 Å². The molecule has 144 valence electrons. The number of hydrogen-bond donors (Lipinski definition) is 0. The molecule has 3 heteroatoms. The largest absolute Gasteiger partial charge is 0.488 e. The molecule has 0 bridgehead atoms. The Morgan fingerprint density at radius 3 is 1.82 bits per heavy atom. The minimum absolute atomic E-state index is 0.277. The van der Waals surface area contributed by atoms with Crippen molar-refractivity contribution >= 4 is 6.29 Å². The van der Waals surface area contributed by atoms with Crippen molar-refractivity contribution in [2.75, 3.05) is 0 Å². The molecule has 28 heavy (non-hydrogen) atoms. The zero-order valence-corrected chi connectivity index (χ0v) is 16.4. The van der Waals surface area contributed by atoms with Crippen LogP contribution in [-0.2, 0) is 24.4 Å². The molecule has 0 aliphatic rings. The molecule has 3 aromatic rings. The molecule has 3 nitrogen and oxygen atoms in total. The molecule has 0 spiro atoms. The standard InChI is InChI=1S/C25H26O3/c1-19(2)23-15-22(13-14-26)24(27-17-20-9-5-3-6-10-20)16-25(23)28-18-21-11-7-4-8-12-21/h3-12,14-16,19H,13,17-18H2,1-2H3. The van der Waals surface area contributed by atoms with Gasteiger partial charge in [0.25, 0.3) is 0 Å². The first-order chi connectivity index (χ1) is 13.7. The van der Waals surface area contributed by atoms with Crippen molar-refractivity contribution in [2.45, 2.75) is 39.4 Å². The van der Waals surface area contributed by atoms with E-state index in [1.54, 1.807) is 0 Å². The van der Waals surface area contributed by atoms with E-state index in [1.165, 1.54) is 0 Å². The van der Waals surface area contributed by atoms with Gasteiger partial charge in [-0.05, 0) is 28.7 Å². The Morgan fingerprint density at radius 1 is 0.786 bits per heavy atom. The van der Waals surface area contributed by atoms with E-state index in [4.69, 9.17) is 9.47 Å². The van der Waals surface area contributed by atoms with E-state index in [2.05, 4.69) is 13.8 Å². The second-order valence-electron chi connectivity index (χ2n) is 7.07. The van der Waals surface area contributed by atoms with Crippen LogP contribution >= 0.6 is 0 Å². The zero-order chi connectivity index (χ0) is 19.8. The molecular formula is C25H26O3. The van der Waals surface area contributed by atoms with Gasteiger partial charge in [0, 0.05) is 18.1 Å². The molecule has 3 rings (SSSR count). The first kappa shape index (κ1) is 19.7. The summed E-state index contributed by atoms with van der Waals surface area (Å²) in [5, 5.41) is 0. The highest BCUT2D eigenvalue weighted by Gasteiger charge is 2.15. The lowest BCUT2D eigenvalue weighted by molar-refractivity contribution is -0.107. The van der Waals surface area contributed by atoms with Gasteiger partial charge in [-0.2, -0.15) is 0 Å². The predicted molar refractivity (Wildman–Crippen MR) is 112 cm³/mol. The second-order valence-corrected chi connectivity index (χ2v) is 7.07. The van der Waals surface area contributed by atoms with Crippen LogP contribution in [-0.4, -0.2) is 6.29 Å². The molecule has 3 aromatic carbocycles. The summed E-state index contributed by atoms with van der Waals surface area (Å²) < 4.78 is 12.2. The molecular weight excluding hydrogens is 348 g/mol. The average Bonchev–Trinajstić information content (AvgIpc) is 2.73. The van der Waals surface area contributed by atoms with Gasteiger partial charge in [0.15, 0.2) is 0 Å². The molecule has 0 atom stereocenters. The first-order valence-electron chi connectivity index (χ1n) is 9.61. The van der Waals surface area contributed by atoms with Crippen molar-refractivity contribution < 1.29 is 14.3 Å². The molecule has 0 aromatic heterocycles. The number of aldehydes is 1. The highest BCUT2D eigenvalue weighted by Crippen LogP contribution is 2.35. The van der Waals surface area contributed by atoms with E-state index in [-0.39, 0.29) is 5.92 Å². The highest BCUT2D eigenvalue weighted by molar-refractivity contribution is 5.60. The Hall–Kier alpha value is -3.07. The number of hydrogen-bond acceptors (Lipinski definition) is 3. The van der Waals surface area contributed by atoms with Gasteiger partial charge in [0.05, 0.1) is 0 Å². The van der Waals surface area contributed by atoms with Crippen LogP contribution in [0.1, 0.15) is 42.0 Å². The maximum atomic E-state index is 11.2. The number of benzene rings is 3. The fourth-order valence-corrected chi connectivity index (χ4v) is 3.06. The Labute approximate surface area is 166 Å². The molecule has 0 amide bonds. The Kier molecular flexibility index (Phi) is 6.85. The van der Waals surface area contributed by atoms with Crippen LogP contribution in [0.5, 0.6) is 11.5 Å². The van der Waals surface area contributed by atoms with Gasteiger partial charge >= 0.3 is 0 Å². The minimum Gasteiger partial charge on any atom is -0.488 e. The topological polar surface area (TPSA) is 35.5 Å². The summed E-state index contributed by atoms with van der Waals surface area (Å²) in [7, 11) is 0. The minimum atomic E-state index is 0.277. The fourth-order valence-electron chi connectivity index (χ4n) is 3.06.